The first-order chi connectivity index (χ1) is 11.2. The second kappa shape index (κ2) is 6.92. The van der Waals surface area contributed by atoms with Crippen LogP contribution in [-0.2, 0) is 17.8 Å². The Kier molecular flexibility index (Phi) is 4.52. The van der Waals surface area contributed by atoms with Crippen LogP contribution >= 0.6 is 0 Å². The summed E-state index contributed by atoms with van der Waals surface area (Å²) < 4.78 is 5.84. The lowest BCUT2D eigenvalue weighted by Crippen LogP contribution is -1.98. The SMILES string of the molecule is O=C(O)CCc1ccc(OCc2cccc3ncccc23)cc1. The van der Waals surface area contributed by atoms with Gasteiger partial charge < -0.3 is 9.84 Å². The number of ether oxygens (including phenoxy) is 1. The Labute approximate surface area is 134 Å². The van der Waals surface area contributed by atoms with Crippen LogP contribution in [0.2, 0.25) is 0 Å². The van der Waals surface area contributed by atoms with E-state index in [1.807, 2.05) is 54.6 Å². The van der Waals surface area contributed by atoms with Crippen LogP contribution in [0.1, 0.15) is 17.5 Å². The van der Waals surface area contributed by atoms with Crippen LogP contribution in [-0.4, -0.2) is 16.1 Å². The lowest BCUT2D eigenvalue weighted by Gasteiger charge is -2.09. The maximum Gasteiger partial charge on any atom is 0.303 e. The van der Waals surface area contributed by atoms with E-state index in [4.69, 9.17) is 9.84 Å². The van der Waals surface area contributed by atoms with Crippen LogP contribution in [0.15, 0.2) is 60.8 Å². The first kappa shape index (κ1) is 15.0. The zero-order valence-electron chi connectivity index (χ0n) is 12.6. The maximum atomic E-state index is 10.6. The number of aryl methyl sites for hydroxylation is 1. The standard InChI is InChI=1S/C19H17NO3/c21-19(22)11-8-14-6-9-16(10-7-14)23-13-15-3-1-5-18-17(15)4-2-12-20-18/h1-7,9-10,12H,8,11,13H2,(H,21,22). The van der Waals surface area contributed by atoms with Gasteiger partial charge >= 0.3 is 5.97 Å². The van der Waals surface area contributed by atoms with Gasteiger partial charge in [-0.25, -0.2) is 0 Å². The smallest absolute Gasteiger partial charge is 0.303 e. The van der Waals surface area contributed by atoms with Crippen molar-refractivity contribution in [2.75, 3.05) is 0 Å². The van der Waals surface area contributed by atoms with Gasteiger partial charge in [0, 0.05) is 18.0 Å². The van der Waals surface area contributed by atoms with Crippen molar-refractivity contribution in [3.05, 3.63) is 71.9 Å². The Balaban J connectivity index is 1.67. The molecule has 23 heavy (non-hydrogen) atoms. The fraction of sp³-hybridized carbons (Fsp3) is 0.158. The number of aliphatic carboxylic acids is 1. The van der Waals surface area contributed by atoms with Crippen molar-refractivity contribution in [2.45, 2.75) is 19.4 Å². The molecule has 0 spiro atoms. The summed E-state index contributed by atoms with van der Waals surface area (Å²) in [5, 5.41) is 9.79. The van der Waals surface area contributed by atoms with E-state index < -0.39 is 5.97 Å². The van der Waals surface area contributed by atoms with Crippen LogP contribution < -0.4 is 4.74 Å². The maximum absolute atomic E-state index is 10.6. The van der Waals surface area contributed by atoms with Crippen LogP contribution in [0, 0.1) is 0 Å². The minimum atomic E-state index is -0.783. The number of benzene rings is 2. The third-order valence-electron chi connectivity index (χ3n) is 3.68. The number of hydrogen-bond acceptors (Lipinski definition) is 3. The zero-order valence-corrected chi connectivity index (χ0v) is 12.6. The van der Waals surface area contributed by atoms with Gasteiger partial charge in [-0.3, -0.25) is 9.78 Å². The van der Waals surface area contributed by atoms with E-state index in [0.717, 1.165) is 27.8 Å². The molecule has 1 aromatic heterocycles. The Bertz CT molecular complexity index is 807. The van der Waals surface area contributed by atoms with Crippen molar-refractivity contribution in [3.63, 3.8) is 0 Å². The molecule has 0 bridgehead atoms. The Hall–Kier alpha value is -2.88. The highest BCUT2D eigenvalue weighted by Crippen LogP contribution is 2.20. The first-order valence-electron chi connectivity index (χ1n) is 7.48. The number of carboxylic acids is 1. The second-order valence-electron chi connectivity index (χ2n) is 5.31. The molecule has 3 aromatic rings. The predicted molar refractivity (Wildman–Crippen MR) is 88.5 cm³/mol. The van der Waals surface area contributed by atoms with Gasteiger partial charge in [0.1, 0.15) is 12.4 Å². The topological polar surface area (TPSA) is 59.4 Å². The Morgan fingerprint density at radius 2 is 1.87 bits per heavy atom. The number of aromatic nitrogens is 1. The summed E-state index contributed by atoms with van der Waals surface area (Å²) in [6, 6.07) is 17.5. The minimum absolute atomic E-state index is 0.142. The van der Waals surface area contributed by atoms with Gasteiger partial charge in [-0.1, -0.05) is 30.3 Å². The van der Waals surface area contributed by atoms with E-state index in [2.05, 4.69) is 4.98 Å². The highest BCUT2D eigenvalue weighted by atomic mass is 16.5. The molecule has 116 valence electrons. The van der Waals surface area contributed by atoms with E-state index >= 15 is 0 Å². The molecule has 0 fully saturated rings. The first-order valence-corrected chi connectivity index (χ1v) is 7.48. The largest absolute Gasteiger partial charge is 0.489 e. The monoisotopic (exact) mass is 307 g/mol. The molecule has 4 heteroatoms. The summed E-state index contributed by atoms with van der Waals surface area (Å²) in [6.07, 6.45) is 2.45. The molecule has 0 saturated heterocycles. The van der Waals surface area contributed by atoms with E-state index in [1.54, 1.807) is 6.20 Å². The van der Waals surface area contributed by atoms with Gasteiger partial charge in [0.2, 0.25) is 0 Å². The van der Waals surface area contributed by atoms with Crippen LogP contribution in [0.25, 0.3) is 10.9 Å². The molecule has 0 amide bonds. The van der Waals surface area contributed by atoms with Crippen molar-refractivity contribution >= 4 is 16.9 Å². The molecule has 1 N–H and O–H groups in total. The molecule has 4 nitrogen and oxygen atoms in total. The summed E-state index contributed by atoms with van der Waals surface area (Å²) in [4.78, 5) is 14.9. The molecule has 1 heterocycles. The van der Waals surface area contributed by atoms with Crippen molar-refractivity contribution in [3.8, 4) is 5.75 Å². The average Bonchev–Trinajstić information content (AvgIpc) is 2.59. The normalized spacial score (nSPS) is 10.6. The molecular weight excluding hydrogens is 290 g/mol. The van der Waals surface area contributed by atoms with Gasteiger partial charge in [-0.2, -0.15) is 0 Å². The van der Waals surface area contributed by atoms with Gasteiger partial charge in [-0.15, -0.1) is 0 Å². The molecule has 2 aromatic carbocycles. The number of carbonyl (C=O) groups is 1. The van der Waals surface area contributed by atoms with Crippen LogP contribution in [0.3, 0.4) is 0 Å². The third kappa shape index (κ3) is 3.86. The average molecular weight is 307 g/mol. The van der Waals surface area contributed by atoms with Crippen molar-refractivity contribution in [1.82, 2.24) is 4.98 Å². The highest BCUT2D eigenvalue weighted by molar-refractivity contribution is 5.81. The lowest BCUT2D eigenvalue weighted by atomic mass is 10.1. The van der Waals surface area contributed by atoms with Crippen molar-refractivity contribution in [2.24, 2.45) is 0 Å². The van der Waals surface area contributed by atoms with Crippen LogP contribution in [0.4, 0.5) is 0 Å². The van der Waals surface area contributed by atoms with E-state index in [-0.39, 0.29) is 6.42 Å². The van der Waals surface area contributed by atoms with Gasteiger partial charge in [0.25, 0.3) is 0 Å². The number of nitrogens with zero attached hydrogens (tertiary/aromatic N) is 1. The quantitative estimate of drug-likeness (QED) is 0.752. The zero-order chi connectivity index (χ0) is 16.1. The Morgan fingerprint density at radius 3 is 2.65 bits per heavy atom. The third-order valence-corrected chi connectivity index (χ3v) is 3.68. The number of pyridine rings is 1. The number of fused-ring (bicyclic) bond motifs is 1. The summed E-state index contributed by atoms with van der Waals surface area (Å²) in [5.74, 6) is -0.0140. The molecule has 0 saturated carbocycles. The second-order valence-corrected chi connectivity index (χ2v) is 5.31. The molecule has 0 unspecified atom stereocenters. The summed E-state index contributed by atoms with van der Waals surface area (Å²) in [6.45, 7) is 0.470. The molecule has 0 aliphatic heterocycles. The van der Waals surface area contributed by atoms with Gasteiger partial charge in [-0.05, 0) is 41.8 Å². The minimum Gasteiger partial charge on any atom is -0.489 e. The fourth-order valence-electron chi connectivity index (χ4n) is 2.46. The molecule has 0 aliphatic carbocycles. The van der Waals surface area contributed by atoms with Crippen molar-refractivity contribution in [1.29, 1.82) is 0 Å². The summed E-state index contributed by atoms with van der Waals surface area (Å²) in [7, 11) is 0. The fourth-order valence-corrected chi connectivity index (χ4v) is 2.46. The summed E-state index contributed by atoms with van der Waals surface area (Å²) in [5.41, 5.74) is 3.04. The van der Waals surface area contributed by atoms with E-state index in [1.165, 1.54) is 0 Å². The Morgan fingerprint density at radius 1 is 1.04 bits per heavy atom. The summed E-state index contributed by atoms with van der Waals surface area (Å²) >= 11 is 0. The van der Waals surface area contributed by atoms with E-state index in [0.29, 0.717) is 13.0 Å². The number of carboxylic acid groups (broad SMARTS) is 1. The molecule has 3 rings (SSSR count). The van der Waals surface area contributed by atoms with Crippen molar-refractivity contribution < 1.29 is 14.6 Å². The highest BCUT2D eigenvalue weighted by Gasteiger charge is 2.03. The number of hydrogen-bond donors (Lipinski definition) is 1. The molecule has 0 radical (unpaired) electrons. The molecular formula is C19H17NO3. The molecule has 0 atom stereocenters. The van der Waals surface area contributed by atoms with Gasteiger partial charge in [0.15, 0.2) is 0 Å². The van der Waals surface area contributed by atoms with Gasteiger partial charge in [0.05, 0.1) is 5.52 Å². The number of rotatable bonds is 6. The predicted octanol–water partition coefficient (Wildman–Crippen LogP) is 3.83. The molecule has 0 aliphatic rings. The van der Waals surface area contributed by atoms with E-state index in [9.17, 15) is 4.79 Å². The lowest BCUT2D eigenvalue weighted by molar-refractivity contribution is -0.136. The van der Waals surface area contributed by atoms with Crippen LogP contribution in [0.5, 0.6) is 5.75 Å².